The number of carbonyl (C=O) groups is 1. The Morgan fingerprint density at radius 3 is 2.72 bits per heavy atom. The van der Waals surface area contributed by atoms with Crippen LogP contribution in [0.5, 0.6) is 0 Å². The minimum Gasteiger partial charge on any atom is -0.477 e. The number of rotatable bonds is 2. The van der Waals surface area contributed by atoms with E-state index in [0.29, 0.717) is 4.88 Å². The number of thioether (sulfide) groups is 3. The van der Waals surface area contributed by atoms with Gasteiger partial charge in [-0.05, 0) is 31.1 Å². The number of fused-ring (bicyclic) bond motifs is 2. The van der Waals surface area contributed by atoms with Crippen LogP contribution in [0.4, 0.5) is 0 Å². The van der Waals surface area contributed by atoms with E-state index in [1.807, 2.05) is 23.5 Å². The molecule has 98 valence electrons. The van der Waals surface area contributed by atoms with Gasteiger partial charge in [0.25, 0.3) is 0 Å². The van der Waals surface area contributed by atoms with Gasteiger partial charge < -0.3 is 5.11 Å². The van der Waals surface area contributed by atoms with E-state index >= 15 is 0 Å². The van der Waals surface area contributed by atoms with Crippen molar-refractivity contribution < 1.29 is 9.90 Å². The zero-order valence-electron chi connectivity index (χ0n) is 10.0. The summed E-state index contributed by atoms with van der Waals surface area (Å²) in [6.45, 7) is 0. The SMILES string of the molecule is CSc1sc(C(=O)O)c2c1C1(CCC2)SCCS1. The van der Waals surface area contributed by atoms with E-state index in [-0.39, 0.29) is 4.08 Å². The maximum absolute atomic E-state index is 11.4. The fourth-order valence-corrected chi connectivity index (χ4v) is 8.57. The molecule has 0 bridgehead atoms. The number of aromatic carboxylic acids is 1. The van der Waals surface area contributed by atoms with Crippen molar-refractivity contribution >= 4 is 52.6 Å². The van der Waals surface area contributed by atoms with Gasteiger partial charge in [0.2, 0.25) is 0 Å². The molecular weight excluding hydrogens is 304 g/mol. The highest BCUT2D eigenvalue weighted by atomic mass is 32.2. The van der Waals surface area contributed by atoms with Gasteiger partial charge in [-0.2, -0.15) is 0 Å². The standard InChI is InChI=1S/C12H14O2S4/c1-15-11-8-7(9(18-11)10(13)14)3-2-4-12(8)16-5-6-17-12/h2-6H2,1H3,(H,13,14). The van der Waals surface area contributed by atoms with Crippen LogP contribution in [0.15, 0.2) is 4.21 Å². The average molecular weight is 319 g/mol. The predicted molar refractivity (Wildman–Crippen MR) is 82.6 cm³/mol. The summed E-state index contributed by atoms with van der Waals surface area (Å²) in [7, 11) is 0. The maximum atomic E-state index is 11.4. The first-order chi connectivity index (χ1) is 8.68. The summed E-state index contributed by atoms with van der Waals surface area (Å²) in [6, 6.07) is 0. The number of carboxylic acid groups (broad SMARTS) is 1. The molecule has 0 aromatic carbocycles. The Morgan fingerprint density at radius 2 is 2.11 bits per heavy atom. The smallest absolute Gasteiger partial charge is 0.346 e. The van der Waals surface area contributed by atoms with E-state index in [4.69, 9.17) is 0 Å². The summed E-state index contributed by atoms with van der Waals surface area (Å²) >= 11 is 7.24. The van der Waals surface area contributed by atoms with Crippen LogP contribution in [0.3, 0.4) is 0 Å². The maximum Gasteiger partial charge on any atom is 0.346 e. The summed E-state index contributed by atoms with van der Waals surface area (Å²) in [6.07, 6.45) is 5.32. The summed E-state index contributed by atoms with van der Waals surface area (Å²) < 4.78 is 1.39. The molecule has 1 saturated heterocycles. The van der Waals surface area contributed by atoms with E-state index < -0.39 is 5.97 Å². The van der Waals surface area contributed by atoms with Gasteiger partial charge >= 0.3 is 5.97 Å². The molecule has 2 nitrogen and oxygen atoms in total. The predicted octanol–water partition coefficient (Wildman–Crippen LogP) is 4.14. The van der Waals surface area contributed by atoms with Gasteiger partial charge in [-0.1, -0.05) is 0 Å². The zero-order valence-corrected chi connectivity index (χ0v) is 13.3. The fourth-order valence-electron chi connectivity index (χ4n) is 2.75. The normalized spacial score (nSPS) is 21.2. The molecule has 0 atom stereocenters. The Bertz CT molecular complexity index is 489. The largest absolute Gasteiger partial charge is 0.477 e. The molecule has 1 aliphatic heterocycles. The topological polar surface area (TPSA) is 37.3 Å². The second kappa shape index (κ2) is 4.96. The molecule has 2 heterocycles. The van der Waals surface area contributed by atoms with Gasteiger partial charge in [-0.25, -0.2) is 4.79 Å². The number of carboxylic acids is 1. The number of thiophene rings is 1. The quantitative estimate of drug-likeness (QED) is 0.830. The van der Waals surface area contributed by atoms with Crippen molar-refractivity contribution in [2.45, 2.75) is 27.6 Å². The Balaban J connectivity index is 2.18. The lowest BCUT2D eigenvalue weighted by molar-refractivity contribution is 0.0701. The Kier molecular flexibility index (Phi) is 3.64. The van der Waals surface area contributed by atoms with Crippen LogP contribution < -0.4 is 0 Å². The van der Waals surface area contributed by atoms with Crippen molar-refractivity contribution in [1.29, 1.82) is 0 Å². The van der Waals surface area contributed by atoms with E-state index in [9.17, 15) is 9.90 Å². The molecule has 1 N–H and O–H groups in total. The lowest BCUT2D eigenvalue weighted by Crippen LogP contribution is -2.22. The van der Waals surface area contributed by atoms with Crippen LogP contribution in [0, 0.1) is 0 Å². The second-order valence-electron chi connectivity index (χ2n) is 4.38. The van der Waals surface area contributed by atoms with Crippen molar-refractivity contribution in [3.8, 4) is 0 Å². The molecule has 1 aliphatic carbocycles. The highest BCUT2D eigenvalue weighted by molar-refractivity contribution is 8.20. The molecule has 1 fully saturated rings. The minimum absolute atomic E-state index is 0.163. The fraction of sp³-hybridized carbons (Fsp3) is 0.583. The van der Waals surface area contributed by atoms with Gasteiger partial charge in [0.1, 0.15) is 4.88 Å². The molecule has 1 aromatic rings. The lowest BCUT2D eigenvalue weighted by atomic mass is 9.92. The highest BCUT2D eigenvalue weighted by Crippen LogP contribution is 2.61. The first-order valence-corrected chi connectivity index (χ1v) is 9.90. The Morgan fingerprint density at radius 1 is 1.39 bits per heavy atom. The third-order valence-corrected chi connectivity index (χ3v) is 9.29. The van der Waals surface area contributed by atoms with Crippen molar-refractivity contribution in [2.24, 2.45) is 0 Å². The summed E-state index contributed by atoms with van der Waals surface area (Å²) in [5.74, 6) is 1.63. The van der Waals surface area contributed by atoms with Gasteiger partial charge in [-0.15, -0.1) is 46.6 Å². The third-order valence-electron chi connectivity index (χ3n) is 3.42. The van der Waals surface area contributed by atoms with E-state index in [2.05, 4.69) is 6.26 Å². The second-order valence-corrected chi connectivity index (χ2v) is 9.53. The van der Waals surface area contributed by atoms with Gasteiger partial charge in [0.05, 0.1) is 8.29 Å². The highest BCUT2D eigenvalue weighted by Gasteiger charge is 2.45. The molecule has 0 saturated carbocycles. The molecule has 0 amide bonds. The van der Waals surface area contributed by atoms with Gasteiger partial charge in [0.15, 0.2) is 0 Å². The minimum atomic E-state index is -0.749. The van der Waals surface area contributed by atoms with Crippen LogP contribution in [0.2, 0.25) is 0 Å². The van der Waals surface area contributed by atoms with Crippen molar-refractivity contribution in [3.63, 3.8) is 0 Å². The zero-order chi connectivity index (χ0) is 12.8. The molecule has 1 spiro atoms. The van der Waals surface area contributed by atoms with Crippen molar-refractivity contribution in [3.05, 3.63) is 16.0 Å². The monoisotopic (exact) mass is 318 g/mol. The van der Waals surface area contributed by atoms with Crippen LogP contribution in [0.25, 0.3) is 0 Å². The summed E-state index contributed by atoms with van der Waals surface area (Å²) in [5.41, 5.74) is 2.49. The molecule has 2 aliphatic rings. The molecule has 3 rings (SSSR count). The molecule has 18 heavy (non-hydrogen) atoms. The van der Waals surface area contributed by atoms with Crippen LogP contribution in [0.1, 0.15) is 33.6 Å². The molecular formula is C12H14O2S4. The first kappa shape index (κ1) is 13.2. The summed E-state index contributed by atoms with van der Waals surface area (Å²) in [4.78, 5) is 12.0. The van der Waals surface area contributed by atoms with Crippen LogP contribution in [-0.2, 0) is 10.5 Å². The Hall–Kier alpha value is 0.220. The van der Waals surface area contributed by atoms with Crippen molar-refractivity contribution in [1.82, 2.24) is 0 Å². The van der Waals surface area contributed by atoms with E-state index in [1.165, 1.54) is 39.0 Å². The summed E-state index contributed by atoms with van der Waals surface area (Å²) in [5, 5.41) is 9.37. The van der Waals surface area contributed by atoms with Crippen LogP contribution >= 0.6 is 46.6 Å². The average Bonchev–Trinajstić information content (AvgIpc) is 2.95. The van der Waals surface area contributed by atoms with Crippen LogP contribution in [-0.4, -0.2) is 28.8 Å². The van der Waals surface area contributed by atoms with Crippen molar-refractivity contribution in [2.75, 3.05) is 17.8 Å². The Labute approximate surface area is 123 Å². The molecule has 1 aromatic heterocycles. The van der Waals surface area contributed by atoms with Gasteiger partial charge in [0, 0.05) is 17.1 Å². The number of hydrogen-bond donors (Lipinski definition) is 1. The van der Waals surface area contributed by atoms with E-state index in [1.54, 1.807) is 11.8 Å². The lowest BCUT2D eigenvalue weighted by Gasteiger charge is -2.33. The van der Waals surface area contributed by atoms with E-state index in [0.717, 1.165) is 18.4 Å². The van der Waals surface area contributed by atoms with Gasteiger partial charge in [-0.3, -0.25) is 0 Å². The molecule has 6 heteroatoms. The first-order valence-electron chi connectivity index (χ1n) is 5.89. The number of hydrogen-bond acceptors (Lipinski definition) is 5. The molecule has 0 radical (unpaired) electrons. The third kappa shape index (κ3) is 1.92. The molecule has 0 unspecified atom stereocenters.